The van der Waals surface area contributed by atoms with E-state index in [2.05, 4.69) is 10.6 Å². The van der Waals surface area contributed by atoms with Gasteiger partial charge in [-0.2, -0.15) is 0 Å². The van der Waals surface area contributed by atoms with Crippen molar-refractivity contribution in [2.45, 2.75) is 13.8 Å². The standard InChI is InChI=1S/C19H19FN4O2/c1-12-9-10-14(11-16(12)20)21-19(26)22-17-13(2)23(3)24(18(17)25)15-7-5-4-6-8-15/h4-11H,1-3H3,(H2,21,22,26). The van der Waals surface area contributed by atoms with Crippen LogP contribution in [0.1, 0.15) is 11.3 Å². The van der Waals surface area contributed by atoms with E-state index < -0.39 is 11.8 Å². The van der Waals surface area contributed by atoms with E-state index >= 15 is 0 Å². The summed E-state index contributed by atoms with van der Waals surface area (Å²) in [6.45, 7) is 3.38. The van der Waals surface area contributed by atoms with Crippen LogP contribution in [0.3, 0.4) is 0 Å². The lowest BCUT2D eigenvalue weighted by molar-refractivity contribution is 0.262. The van der Waals surface area contributed by atoms with Crippen molar-refractivity contribution in [3.8, 4) is 5.69 Å². The van der Waals surface area contributed by atoms with Crippen LogP contribution in [-0.2, 0) is 7.05 Å². The molecule has 26 heavy (non-hydrogen) atoms. The van der Waals surface area contributed by atoms with Crippen molar-refractivity contribution in [1.29, 1.82) is 0 Å². The van der Waals surface area contributed by atoms with E-state index in [1.165, 1.54) is 10.7 Å². The first-order valence-electron chi connectivity index (χ1n) is 8.06. The highest BCUT2D eigenvalue weighted by Crippen LogP contribution is 2.16. The largest absolute Gasteiger partial charge is 0.323 e. The van der Waals surface area contributed by atoms with Crippen LogP contribution in [0.2, 0.25) is 0 Å². The molecule has 2 amide bonds. The molecule has 3 rings (SSSR count). The number of para-hydroxylation sites is 1. The molecule has 0 spiro atoms. The van der Waals surface area contributed by atoms with E-state index in [1.807, 2.05) is 18.2 Å². The summed E-state index contributed by atoms with van der Waals surface area (Å²) in [5.41, 5.74) is 1.91. The predicted octanol–water partition coefficient (Wildman–Crippen LogP) is 3.58. The van der Waals surface area contributed by atoms with Gasteiger partial charge < -0.3 is 10.6 Å². The van der Waals surface area contributed by atoms with Crippen molar-refractivity contribution >= 4 is 17.4 Å². The van der Waals surface area contributed by atoms with Crippen molar-refractivity contribution in [2.24, 2.45) is 7.05 Å². The molecular formula is C19H19FN4O2. The van der Waals surface area contributed by atoms with E-state index in [0.29, 0.717) is 22.6 Å². The van der Waals surface area contributed by atoms with Gasteiger partial charge in [-0.1, -0.05) is 24.3 Å². The molecule has 0 atom stereocenters. The summed E-state index contributed by atoms with van der Waals surface area (Å²) < 4.78 is 16.7. The fraction of sp³-hybridized carbons (Fsp3) is 0.158. The van der Waals surface area contributed by atoms with Crippen LogP contribution in [0.25, 0.3) is 5.69 Å². The number of urea groups is 1. The number of nitrogens with one attached hydrogen (secondary N) is 2. The number of anilines is 2. The number of hydrogen-bond acceptors (Lipinski definition) is 2. The van der Waals surface area contributed by atoms with Gasteiger partial charge in [-0.05, 0) is 43.7 Å². The number of nitrogens with zero attached hydrogens (tertiary/aromatic N) is 2. The van der Waals surface area contributed by atoms with Crippen LogP contribution in [0.15, 0.2) is 53.3 Å². The summed E-state index contributed by atoms with van der Waals surface area (Å²) in [5, 5.41) is 5.10. The molecule has 7 heteroatoms. The molecule has 0 saturated carbocycles. The molecule has 0 aliphatic rings. The molecule has 0 aliphatic heterocycles. The predicted molar refractivity (Wildman–Crippen MR) is 99.5 cm³/mol. The number of amides is 2. The smallest absolute Gasteiger partial charge is 0.308 e. The van der Waals surface area contributed by atoms with Gasteiger partial charge in [-0.3, -0.25) is 9.48 Å². The number of rotatable bonds is 3. The Balaban J connectivity index is 1.87. The van der Waals surface area contributed by atoms with Gasteiger partial charge in [0.1, 0.15) is 11.5 Å². The van der Waals surface area contributed by atoms with E-state index in [0.717, 1.165) is 0 Å². The molecule has 6 nitrogen and oxygen atoms in total. The van der Waals surface area contributed by atoms with Crippen molar-refractivity contribution in [1.82, 2.24) is 9.36 Å². The van der Waals surface area contributed by atoms with Gasteiger partial charge in [-0.15, -0.1) is 0 Å². The number of carbonyl (C=O) groups is 1. The summed E-state index contributed by atoms with van der Waals surface area (Å²) >= 11 is 0. The Morgan fingerprint density at radius 1 is 1.04 bits per heavy atom. The Bertz CT molecular complexity index is 1020. The quantitative estimate of drug-likeness (QED) is 0.755. The lowest BCUT2D eigenvalue weighted by Gasteiger charge is -2.08. The number of aryl methyl sites for hydroxylation is 1. The van der Waals surface area contributed by atoms with Crippen LogP contribution in [-0.4, -0.2) is 15.4 Å². The summed E-state index contributed by atoms with van der Waals surface area (Å²) in [7, 11) is 1.74. The number of benzene rings is 2. The Hall–Kier alpha value is -3.35. The second kappa shape index (κ2) is 6.87. The highest BCUT2D eigenvalue weighted by Gasteiger charge is 2.18. The molecule has 0 fully saturated rings. The van der Waals surface area contributed by atoms with E-state index in [9.17, 15) is 14.0 Å². The second-order valence-electron chi connectivity index (χ2n) is 5.98. The fourth-order valence-electron chi connectivity index (χ4n) is 2.66. The SMILES string of the molecule is Cc1ccc(NC(=O)Nc2c(C)n(C)n(-c3ccccc3)c2=O)cc1F. The Labute approximate surface area is 149 Å². The maximum Gasteiger partial charge on any atom is 0.323 e. The van der Waals surface area contributed by atoms with Crippen LogP contribution < -0.4 is 16.2 Å². The highest BCUT2D eigenvalue weighted by atomic mass is 19.1. The number of carbonyl (C=O) groups excluding carboxylic acids is 1. The van der Waals surface area contributed by atoms with E-state index in [1.54, 1.807) is 49.8 Å². The van der Waals surface area contributed by atoms with E-state index in [-0.39, 0.29) is 11.2 Å². The average molecular weight is 354 g/mol. The molecule has 0 saturated heterocycles. The Morgan fingerprint density at radius 2 is 1.73 bits per heavy atom. The monoisotopic (exact) mass is 354 g/mol. The maximum absolute atomic E-state index is 13.6. The molecule has 2 aromatic carbocycles. The minimum Gasteiger partial charge on any atom is -0.308 e. The number of halogens is 1. The van der Waals surface area contributed by atoms with Crippen molar-refractivity contribution < 1.29 is 9.18 Å². The zero-order valence-electron chi connectivity index (χ0n) is 14.7. The summed E-state index contributed by atoms with van der Waals surface area (Å²) in [4.78, 5) is 25.0. The first kappa shape index (κ1) is 17.5. The molecule has 2 N–H and O–H groups in total. The first-order valence-corrected chi connectivity index (χ1v) is 8.06. The van der Waals surface area contributed by atoms with Gasteiger partial charge in [-0.25, -0.2) is 13.9 Å². The average Bonchev–Trinajstić information content (AvgIpc) is 2.82. The zero-order chi connectivity index (χ0) is 18.8. The molecule has 134 valence electrons. The third kappa shape index (κ3) is 3.23. The summed E-state index contributed by atoms with van der Waals surface area (Å²) in [6, 6.07) is 12.9. The normalized spacial score (nSPS) is 10.6. The molecule has 0 aliphatic carbocycles. The van der Waals surface area contributed by atoms with Gasteiger partial charge in [0.05, 0.1) is 11.4 Å². The molecule has 1 heterocycles. The summed E-state index contributed by atoms with van der Waals surface area (Å²) in [5.74, 6) is -0.412. The van der Waals surface area contributed by atoms with Gasteiger partial charge in [0.25, 0.3) is 5.56 Å². The van der Waals surface area contributed by atoms with Gasteiger partial charge >= 0.3 is 6.03 Å². The molecule has 3 aromatic rings. The first-order chi connectivity index (χ1) is 12.4. The number of hydrogen-bond donors (Lipinski definition) is 2. The summed E-state index contributed by atoms with van der Waals surface area (Å²) in [6.07, 6.45) is 0. The van der Waals surface area contributed by atoms with Crippen molar-refractivity contribution in [2.75, 3.05) is 10.6 Å². The lowest BCUT2D eigenvalue weighted by Crippen LogP contribution is -2.25. The Kier molecular flexibility index (Phi) is 4.62. The fourth-order valence-corrected chi connectivity index (χ4v) is 2.66. The van der Waals surface area contributed by atoms with Gasteiger partial charge in [0.2, 0.25) is 0 Å². The molecule has 1 aromatic heterocycles. The van der Waals surface area contributed by atoms with Gasteiger partial charge in [0.15, 0.2) is 0 Å². The minimum absolute atomic E-state index is 0.168. The van der Waals surface area contributed by atoms with Crippen LogP contribution in [0.4, 0.5) is 20.6 Å². The topological polar surface area (TPSA) is 68.1 Å². The third-order valence-electron chi connectivity index (χ3n) is 4.22. The van der Waals surface area contributed by atoms with Crippen LogP contribution >= 0.6 is 0 Å². The van der Waals surface area contributed by atoms with Gasteiger partial charge in [0, 0.05) is 12.7 Å². The number of aromatic nitrogens is 2. The highest BCUT2D eigenvalue weighted by molar-refractivity contribution is 6.00. The van der Waals surface area contributed by atoms with Crippen LogP contribution in [0, 0.1) is 19.7 Å². The minimum atomic E-state index is -0.612. The van der Waals surface area contributed by atoms with Crippen LogP contribution in [0.5, 0.6) is 0 Å². The van der Waals surface area contributed by atoms with E-state index in [4.69, 9.17) is 0 Å². The maximum atomic E-state index is 13.6. The zero-order valence-corrected chi connectivity index (χ0v) is 14.7. The third-order valence-corrected chi connectivity index (χ3v) is 4.22. The Morgan fingerprint density at radius 3 is 2.38 bits per heavy atom. The molecule has 0 unspecified atom stereocenters. The lowest BCUT2D eigenvalue weighted by atomic mass is 10.2. The molecular weight excluding hydrogens is 335 g/mol. The molecule has 0 radical (unpaired) electrons. The van der Waals surface area contributed by atoms with Crippen molar-refractivity contribution in [3.63, 3.8) is 0 Å². The second-order valence-corrected chi connectivity index (χ2v) is 5.98. The molecule has 0 bridgehead atoms. The van der Waals surface area contributed by atoms with Crippen molar-refractivity contribution in [3.05, 3.63) is 76.0 Å².